The van der Waals surface area contributed by atoms with Gasteiger partial charge in [0.05, 0.1) is 5.56 Å². The smallest absolute Gasteiger partial charge is 0.336 e. The number of nitrogens with one attached hydrogen (secondary N) is 1. The standard InChI is InChI=1S/C12H11NO3/c1-2-7-6-13-11(14)8-4-3-5-9(10(7)8)12(15)16/h3-6H,2H2,1H3,(H,13,14)(H,15,16). The highest BCUT2D eigenvalue weighted by Gasteiger charge is 2.12. The van der Waals surface area contributed by atoms with Gasteiger partial charge < -0.3 is 10.1 Å². The number of fused-ring (bicyclic) bond motifs is 1. The van der Waals surface area contributed by atoms with Gasteiger partial charge in [0.2, 0.25) is 0 Å². The Kier molecular flexibility index (Phi) is 2.48. The van der Waals surface area contributed by atoms with E-state index in [4.69, 9.17) is 5.11 Å². The number of rotatable bonds is 2. The molecule has 0 aliphatic carbocycles. The SMILES string of the molecule is CCc1c[nH]c(=O)c2cccc(C(=O)O)c12. The Morgan fingerprint density at radius 2 is 2.19 bits per heavy atom. The number of aromatic nitrogens is 1. The van der Waals surface area contributed by atoms with Crippen LogP contribution in [0.2, 0.25) is 0 Å². The molecule has 0 bridgehead atoms. The molecule has 0 aliphatic rings. The van der Waals surface area contributed by atoms with E-state index < -0.39 is 5.97 Å². The van der Waals surface area contributed by atoms with Crippen LogP contribution in [-0.4, -0.2) is 16.1 Å². The fourth-order valence-electron chi connectivity index (χ4n) is 1.85. The van der Waals surface area contributed by atoms with Gasteiger partial charge in [0.15, 0.2) is 0 Å². The first-order valence-electron chi connectivity index (χ1n) is 5.01. The van der Waals surface area contributed by atoms with Crippen molar-refractivity contribution >= 4 is 16.7 Å². The van der Waals surface area contributed by atoms with Crippen LogP contribution in [0.3, 0.4) is 0 Å². The van der Waals surface area contributed by atoms with Gasteiger partial charge in [-0.25, -0.2) is 4.79 Å². The summed E-state index contributed by atoms with van der Waals surface area (Å²) in [7, 11) is 0. The summed E-state index contributed by atoms with van der Waals surface area (Å²) >= 11 is 0. The molecular weight excluding hydrogens is 206 g/mol. The number of pyridine rings is 1. The molecule has 0 spiro atoms. The first kappa shape index (κ1) is 10.4. The maximum Gasteiger partial charge on any atom is 0.336 e. The zero-order chi connectivity index (χ0) is 11.7. The molecule has 1 aromatic heterocycles. The first-order valence-corrected chi connectivity index (χ1v) is 5.01. The van der Waals surface area contributed by atoms with Crippen molar-refractivity contribution in [2.24, 2.45) is 0 Å². The molecule has 1 heterocycles. The highest BCUT2D eigenvalue weighted by Crippen LogP contribution is 2.20. The summed E-state index contributed by atoms with van der Waals surface area (Å²) in [6, 6.07) is 4.74. The molecule has 2 rings (SSSR count). The van der Waals surface area contributed by atoms with Gasteiger partial charge in [-0.3, -0.25) is 4.79 Å². The summed E-state index contributed by atoms with van der Waals surface area (Å²) in [5.74, 6) is -1.01. The minimum atomic E-state index is -1.01. The lowest BCUT2D eigenvalue weighted by Crippen LogP contribution is -2.10. The van der Waals surface area contributed by atoms with Crippen LogP contribution < -0.4 is 5.56 Å². The molecule has 82 valence electrons. The number of benzene rings is 1. The van der Waals surface area contributed by atoms with E-state index in [1.165, 1.54) is 6.07 Å². The molecule has 1 aromatic carbocycles. The van der Waals surface area contributed by atoms with E-state index >= 15 is 0 Å². The van der Waals surface area contributed by atoms with Crippen LogP contribution in [0.25, 0.3) is 10.8 Å². The Balaban J connectivity index is 2.99. The Hall–Kier alpha value is -2.10. The number of aromatic amines is 1. The van der Waals surface area contributed by atoms with Gasteiger partial charge in [-0.05, 0) is 24.1 Å². The second-order valence-corrected chi connectivity index (χ2v) is 3.53. The van der Waals surface area contributed by atoms with E-state index in [1.807, 2.05) is 6.92 Å². The highest BCUT2D eigenvalue weighted by molar-refractivity contribution is 6.04. The number of carboxylic acid groups (broad SMARTS) is 1. The lowest BCUT2D eigenvalue weighted by molar-refractivity contribution is 0.0699. The van der Waals surface area contributed by atoms with Crippen LogP contribution in [0.5, 0.6) is 0 Å². The number of aromatic carboxylic acids is 1. The molecule has 0 atom stereocenters. The first-order chi connectivity index (χ1) is 7.65. The number of aryl methyl sites for hydroxylation is 1. The molecule has 4 nitrogen and oxygen atoms in total. The summed E-state index contributed by atoms with van der Waals surface area (Å²) in [5, 5.41) is 10.1. The number of carboxylic acids is 1. The zero-order valence-corrected chi connectivity index (χ0v) is 8.78. The second-order valence-electron chi connectivity index (χ2n) is 3.53. The van der Waals surface area contributed by atoms with Crippen molar-refractivity contribution < 1.29 is 9.90 Å². The van der Waals surface area contributed by atoms with E-state index in [2.05, 4.69) is 4.98 Å². The Morgan fingerprint density at radius 1 is 1.44 bits per heavy atom. The third kappa shape index (κ3) is 1.48. The molecule has 0 radical (unpaired) electrons. The molecule has 2 aromatic rings. The van der Waals surface area contributed by atoms with Gasteiger partial charge in [0.1, 0.15) is 0 Å². The molecule has 0 fully saturated rings. The van der Waals surface area contributed by atoms with Gasteiger partial charge in [0.25, 0.3) is 5.56 Å². The van der Waals surface area contributed by atoms with Gasteiger partial charge in [-0.1, -0.05) is 13.0 Å². The van der Waals surface area contributed by atoms with E-state index in [0.29, 0.717) is 17.2 Å². The predicted molar refractivity (Wildman–Crippen MR) is 60.9 cm³/mol. The molecule has 0 aliphatic heterocycles. The minimum absolute atomic E-state index is 0.181. The molecule has 0 unspecified atom stereocenters. The summed E-state index contributed by atoms with van der Waals surface area (Å²) in [4.78, 5) is 25.3. The lowest BCUT2D eigenvalue weighted by atomic mass is 10.0. The van der Waals surface area contributed by atoms with Crippen LogP contribution in [0.4, 0.5) is 0 Å². The zero-order valence-electron chi connectivity index (χ0n) is 8.78. The molecule has 4 heteroatoms. The van der Waals surface area contributed by atoms with Crippen LogP contribution in [0.15, 0.2) is 29.2 Å². The maximum atomic E-state index is 11.6. The fourth-order valence-corrected chi connectivity index (χ4v) is 1.85. The number of hydrogen-bond donors (Lipinski definition) is 2. The number of carbonyl (C=O) groups is 1. The third-order valence-electron chi connectivity index (χ3n) is 2.62. The molecule has 2 N–H and O–H groups in total. The average molecular weight is 217 g/mol. The molecular formula is C12H11NO3. The Morgan fingerprint density at radius 3 is 2.81 bits per heavy atom. The Labute approximate surface area is 91.5 Å². The van der Waals surface area contributed by atoms with Gasteiger partial charge in [-0.2, -0.15) is 0 Å². The van der Waals surface area contributed by atoms with Crippen LogP contribution in [0.1, 0.15) is 22.8 Å². The molecule has 16 heavy (non-hydrogen) atoms. The third-order valence-corrected chi connectivity index (χ3v) is 2.62. The van der Waals surface area contributed by atoms with Crippen molar-refractivity contribution in [3.8, 4) is 0 Å². The van der Waals surface area contributed by atoms with Crippen LogP contribution in [0, 0.1) is 0 Å². The quantitative estimate of drug-likeness (QED) is 0.805. The topological polar surface area (TPSA) is 70.2 Å². The van der Waals surface area contributed by atoms with Crippen molar-refractivity contribution in [3.05, 3.63) is 45.9 Å². The summed E-state index contributed by atoms with van der Waals surface area (Å²) in [6.45, 7) is 1.92. The van der Waals surface area contributed by atoms with Crippen molar-refractivity contribution in [1.82, 2.24) is 4.98 Å². The predicted octanol–water partition coefficient (Wildman–Crippen LogP) is 1.79. The van der Waals surface area contributed by atoms with Crippen molar-refractivity contribution in [2.45, 2.75) is 13.3 Å². The maximum absolute atomic E-state index is 11.6. The lowest BCUT2D eigenvalue weighted by Gasteiger charge is -2.06. The molecule has 0 saturated carbocycles. The fraction of sp³-hybridized carbons (Fsp3) is 0.167. The minimum Gasteiger partial charge on any atom is -0.478 e. The molecule has 0 saturated heterocycles. The highest BCUT2D eigenvalue weighted by atomic mass is 16.4. The summed E-state index contributed by atoms with van der Waals surface area (Å²) < 4.78 is 0. The van der Waals surface area contributed by atoms with Gasteiger partial charge in [0, 0.05) is 17.0 Å². The normalized spacial score (nSPS) is 10.6. The monoisotopic (exact) mass is 217 g/mol. The van der Waals surface area contributed by atoms with E-state index in [1.54, 1.807) is 18.3 Å². The Bertz CT molecular complexity index is 613. The number of hydrogen-bond acceptors (Lipinski definition) is 2. The second kappa shape index (κ2) is 3.81. The van der Waals surface area contributed by atoms with Crippen molar-refractivity contribution in [2.75, 3.05) is 0 Å². The van der Waals surface area contributed by atoms with Crippen molar-refractivity contribution in [1.29, 1.82) is 0 Å². The van der Waals surface area contributed by atoms with E-state index in [-0.39, 0.29) is 11.1 Å². The van der Waals surface area contributed by atoms with E-state index in [9.17, 15) is 9.59 Å². The largest absolute Gasteiger partial charge is 0.478 e. The molecule has 0 amide bonds. The summed E-state index contributed by atoms with van der Waals surface area (Å²) in [5.41, 5.74) is 0.767. The van der Waals surface area contributed by atoms with Gasteiger partial charge in [-0.15, -0.1) is 0 Å². The summed E-state index contributed by atoms with van der Waals surface area (Å²) in [6.07, 6.45) is 2.26. The number of H-pyrrole nitrogens is 1. The van der Waals surface area contributed by atoms with Crippen LogP contribution in [-0.2, 0) is 6.42 Å². The average Bonchev–Trinajstić information content (AvgIpc) is 2.29. The van der Waals surface area contributed by atoms with Crippen molar-refractivity contribution in [3.63, 3.8) is 0 Å². The van der Waals surface area contributed by atoms with Crippen LogP contribution >= 0.6 is 0 Å². The van der Waals surface area contributed by atoms with E-state index in [0.717, 1.165) is 5.56 Å². The van der Waals surface area contributed by atoms with Gasteiger partial charge >= 0.3 is 5.97 Å².